The lowest BCUT2D eigenvalue weighted by Crippen LogP contribution is -2.10. The maximum absolute atomic E-state index is 11.5. The molecular weight excluding hydrogens is 384 g/mol. The van der Waals surface area contributed by atoms with Gasteiger partial charge >= 0.3 is 11.9 Å². The van der Waals surface area contributed by atoms with Crippen LogP contribution in [0.3, 0.4) is 0 Å². The molecule has 0 bridgehead atoms. The first-order chi connectivity index (χ1) is 13.0. The summed E-state index contributed by atoms with van der Waals surface area (Å²) in [7, 11) is 0. The number of fused-ring (bicyclic) bond motifs is 3. The van der Waals surface area contributed by atoms with Crippen molar-refractivity contribution in [1.29, 1.82) is 0 Å². The average molecular weight is 398 g/mol. The van der Waals surface area contributed by atoms with Crippen LogP contribution < -0.4 is 4.74 Å². The van der Waals surface area contributed by atoms with Crippen molar-refractivity contribution in [3.05, 3.63) is 63.8 Å². The van der Waals surface area contributed by atoms with Gasteiger partial charge in [0.2, 0.25) is 0 Å². The molecule has 0 saturated carbocycles. The van der Waals surface area contributed by atoms with Crippen LogP contribution in [0.4, 0.5) is 0 Å². The largest absolute Gasteiger partial charge is 0.479 e. The predicted molar refractivity (Wildman–Crippen MR) is 106 cm³/mol. The Morgan fingerprint density at radius 3 is 2.52 bits per heavy atom. The molecule has 7 heteroatoms. The van der Waals surface area contributed by atoms with E-state index in [0.29, 0.717) is 5.39 Å². The van der Waals surface area contributed by atoms with Gasteiger partial charge in [0, 0.05) is 9.58 Å². The van der Waals surface area contributed by atoms with Crippen LogP contribution in [-0.4, -0.2) is 28.8 Å². The first kappa shape index (κ1) is 17.5. The zero-order valence-corrected chi connectivity index (χ0v) is 15.6. The first-order valence-corrected chi connectivity index (χ1v) is 9.81. The number of carboxylic acids is 2. The third kappa shape index (κ3) is 3.39. The highest BCUT2D eigenvalue weighted by Crippen LogP contribution is 2.48. The molecule has 0 amide bonds. The number of carboxylic acid groups (broad SMARTS) is 2. The quantitative estimate of drug-likeness (QED) is 0.486. The van der Waals surface area contributed by atoms with Gasteiger partial charge in [0.1, 0.15) is 0 Å². The van der Waals surface area contributed by atoms with Gasteiger partial charge in [0.25, 0.3) is 0 Å². The van der Waals surface area contributed by atoms with E-state index in [0.717, 1.165) is 32.9 Å². The Hall–Kier alpha value is -2.90. The molecule has 0 spiro atoms. The Kier molecular flexibility index (Phi) is 4.55. The lowest BCUT2D eigenvalue weighted by molar-refractivity contribution is -0.139. The molecule has 1 aromatic heterocycles. The van der Waals surface area contributed by atoms with Crippen LogP contribution >= 0.6 is 22.7 Å². The van der Waals surface area contributed by atoms with E-state index in [1.165, 1.54) is 22.5 Å². The van der Waals surface area contributed by atoms with Crippen molar-refractivity contribution in [3.63, 3.8) is 0 Å². The average Bonchev–Trinajstić information content (AvgIpc) is 3.16. The van der Waals surface area contributed by atoms with Crippen molar-refractivity contribution in [3.8, 4) is 16.2 Å². The standard InChI is InChI=1S/C20H14O5S2/c21-15(22)9-25-17-16-14(27-19(17)20(23)24)8-13-7-12(10-26-18(13)16)6-11-4-2-1-3-5-11/h1-5,7-8,10H,6,9H2,(H,21,22)(H,23,24). The fourth-order valence-corrected chi connectivity index (χ4v) is 5.14. The highest BCUT2D eigenvalue weighted by atomic mass is 32.1. The van der Waals surface area contributed by atoms with E-state index in [9.17, 15) is 14.7 Å². The monoisotopic (exact) mass is 398 g/mol. The SMILES string of the molecule is O=C(O)COc1c(C(=O)O)sc2cc3cc(Cc4ccccc4)csc-3c12. The van der Waals surface area contributed by atoms with Crippen LogP contribution in [0.1, 0.15) is 20.8 Å². The minimum absolute atomic E-state index is 0.0312. The van der Waals surface area contributed by atoms with Crippen LogP contribution in [0.2, 0.25) is 0 Å². The van der Waals surface area contributed by atoms with Crippen molar-refractivity contribution >= 4 is 44.7 Å². The molecule has 1 aliphatic carbocycles. The zero-order valence-electron chi connectivity index (χ0n) is 14.0. The molecular formula is C20H14O5S2. The van der Waals surface area contributed by atoms with E-state index in [2.05, 4.69) is 18.2 Å². The third-order valence-corrected chi connectivity index (χ3v) is 6.32. The predicted octanol–water partition coefficient (Wildman–Crippen LogP) is 4.82. The molecule has 27 heavy (non-hydrogen) atoms. The van der Waals surface area contributed by atoms with E-state index in [1.54, 1.807) is 0 Å². The molecule has 2 heterocycles. The van der Waals surface area contributed by atoms with Gasteiger partial charge in [-0.05, 0) is 40.6 Å². The van der Waals surface area contributed by atoms with E-state index < -0.39 is 18.5 Å². The summed E-state index contributed by atoms with van der Waals surface area (Å²) < 4.78 is 6.13. The Morgan fingerprint density at radius 2 is 1.81 bits per heavy atom. The Labute approximate surface area is 162 Å². The molecule has 2 aliphatic rings. The van der Waals surface area contributed by atoms with Crippen molar-refractivity contribution in [2.45, 2.75) is 6.42 Å². The number of ether oxygens (including phenoxy) is 1. The highest BCUT2D eigenvalue weighted by Gasteiger charge is 2.25. The molecule has 5 nitrogen and oxygen atoms in total. The number of benzene rings is 1. The van der Waals surface area contributed by atoms with Crippen LogP contribution in [0.25, 0.3) is 20.5 Å². The second-order valence-electron chi connectivity index (χ2n) is 6.03. The molecule has 0 unspecified atom stereocenters. The van der Waals surface area contributed by atoms with Crippen LogP contribution in [0.15, 0.2) is 47.8 Å². The molecule has 0 fully saturated rings. The summed E-state index contributed by atoms with van der Waals surface area (Å²) >= 11 is 2.63. The maximum atomic E-state index is 11.5. The summed E-state index contributed by atoms with van der Waals surface area (Å²) in [5.74, 6) is -2.11. The smallest absolute Gasteiger partial charge is 0.349 e. The van der Waals surface area contributed by atoms with E-state index >= 15 is 0 Å². The second kappa shape index (κ2) is 7.02. The molecule has 2 aromatic rings. The molecule has 0 radical (unpaired) electrons. The number of aromatic carboxylic acids is 1. The Morgan fingerprint density at radius 1 is 1.04 bits per heavy atom. The topological polar surface area (TPSA) is 83.8 Å². The van der Waals surface area contributed by atoms with Gasteiger partial charge in [-0.25, -0.2) is 9.59 Å². The number of aliphatic carboxylic acids is 1. The summed E-state index contributed by atoms with van der Waals surface area (Å²) in [5.41, 5.74) is 3.39. The third-order valence-electron chi connectivity index (χ3n) is 4.12. The van der Waals surface area contributed by atoms with Gasteiger partial charge in [-0.1, -0.05) is 30.3 Å². The highest BCUT2D eigenvalue weighted by molar-refractivity contribution is 7.22. The molecule has 1 aromatic carbocycles. The number of hydrogen-bond acceptors (Lipinski definition) is 5. The summed E-state index contributed by atoms with van der Waals surface area (Å²) in [4.78, 5) is 23.3. The fraction of sp³-hybridized carbons (Fsp3) is 0.100. The van der Waals surface area contributed by atoms with Crippen molar-refractivity contribution in [2.75, 3.05) is 6.61 Å². The van der Waals surface area contributed by atoms with Crippen LogP contribution in [-0.2, 0) is 11.2 Å². The van der Waals surface area contributed by atoms with Gasteiger partial charge in [0.05, 0.1) is 5.39 Å². The molecule has 0 saturated heterocycles. The molecule has 0 atom stereocenters. The van der Waals surface area contributed by atoms with Gasteiger partial charge in [0.15, 0.2) is 17.2 Å². The number of hydrogen-bond donors (Lipinski definition) is 2. The minimum Gasteiger partial charge on any atom is -0.479 e. The van der Waals surface area contributed by atoms with E-state index in [1.807, 2.05) is 29.6 Å². The normalized spacial score (nSPS) is 11.1. The van der Waals surface area contributed by atoms with Gasteiger partial charge in [-0.3, -0.25) is 0 Å². The van der Waals surface area contributed by atoms with Gasteiger partial charge in [-0.2, -0.15) is 0 Å². The fourth-order valence-electron chi connectivity index (χ4n) is 3.04. The van der Waals surface area contributed by atoms with Crippen molar-refractivity contribution in [1.82, 2.24) is 0 Å². The Bertz CT molecular complexity index is 1110. The lowest BCUT2D eigenvalue weighted by atomic mass is 10.1. The van der Waals surface area contributed by atoms with Crippen LogP contribution in [0.5, 0.6) is 5.75 Å². The number of thiophene rings is 1. The molecule has 1 aliphatic heterocycles. The van der Waals surface area contributed by atoms with Crippen LogP contribution in [0, 0.1) is 0 Å². The summed E-state index contributed by atoms with van der Waals surface area (Å²) in [6, 6.07) is 14.2. The maximum Gasteiger partial charge on any atom is 0.349 e. The van der Waals surface area contributed by atoms with Gasteiger partial charge < -0.3 is 14.9 Å². The summed E-state index contributed by atoms with van der Waals surface area (Å²) in [5, 5.41) is 21.0. The molecule has 4 rings (SSSR count). The van der Waals surface area contributed by atoms with Crippen molar-refractivity contribution < 1.29 is 24.5 Å². The lowest BCUT2D eigenvalue weighted by Gasteiger charge is -2.07. The minimum atomic E-state index is -1.14. The molecule has 136 valence electrons. The van der Waals surface area contributed by atoms with E-state index in [-0.39, 0.29) is 10.6 Å². The molecule has 2 N–H and O–H groups in total. The number of rotatable bonds is 6. The number of carbonyl (C=O) groups is 2. The van der Waals surface area contributed by atoms with Crippen molar-refractivity contribution in [2.24, 2.45) is 0 Å². The first-order valence-electron chi connectivity index (χ1n) is 8.11. The second-order valence-corrected chi connectivity index (χ2v) is 7.97. The summed E-state index contributed by atoms with van der Waals surface area (Å²) in [6.45, 7) is -0.574. The summed E-state index contributed by atoms with van der Waals surface area (Å²) in [6.07, 6.45) is 0.814. The zero-order chi connectivity index (χ0) is 19.0. The van der Waals surface area contributed by atoms with Gasteiger partial charge in [-0.15, -0.1) is 22.7 Å². The van der Waals surface area contributed by atoms with E-state index in [4.69, 9.17) is 9.84 Å². The Balaban J connectivity index is 1.78.